The lowest BCUT2D eigenvalue weighted by molar-refractivity contribution is -0.119. The first-order chi connectivity index (χ1) is 11.5. The first-order valence-corrected chi connectivity index (χ1v) is 8.42. The number of hydrogen-bond acceptors (Lipinski definition) is 3. The summed E-state index contributed by atoms with van der Waals surface area (Å²) in [6, 6.07) is 16.8. The molecule has 0 aliphatic rings. The van der Waals surface area contributed by atoms with Crippen molar-refractivity contribution in [1.82, 2.24) is 4.90 Å². The van der Waals surface area contributed by atoms with Crippen molar-refractivity contribution in [3.05, 3.63) is 59.1 Å². The molecule has 0 bridgehead atoms. The minimum absolute atomic E-state index is 0.0701. The number of anilines is 2. The standard InChI is InChI=1S/C18H20BrN3O2/c1-22(12-11-17(23)20-14-7-3-2-4-8-14)13-18(24)21-16-10-6-5-9-15(16)19/h2-10H,11-13H2,1H3,(H,20,23)(H,21,24). The number of likely N-dealkylation sites (N-methyl/N-ethyl adjacent to an activating group) is 1. The molecule has 2 N–H and O–H groups in total. The van der Waals surface area contributed by atoms with Gasteiger partial charge in [-0.15, -0.1) is 0 Å². The molecule has 0 saturated heterocycles. The van der Waals surface area contributed by atoms with Crippen LogP contribution in [-0.2, 0) is 9.59 Å². The SMILES string of the molecule is CN(CCC(=O)Nc1ccccc1)CC(=O)Nc1ccccc1Br. The van der Waals surface area contributed by atoms with Crippen molar-refractivity contribution in [2.45, 2.75) is 6.42 Å². The molecule has 5 nitrogen and oxygen atoms in total. The fraction of sp³-hybridized carbons (Fsp3) is 0.222. The van der Waals surface area contributed by atoms with Gasteiger partial charge in [0.15, 0.2) is 0 Å². The molecular weight excluding hydrogens is 370 g/mol. The third kappa shape index (κ3) is 6.14. The predicted molar refractivity (Wildman–Crippen MR) is 100.0 cm³/mol. The van der Waals surface area contributed by atoms with Gasteiger partial charge in [0.25, 0.3) is 0 Å². The number of carbonyl (C=O) groups excluding carboxylic acids is 2. The van der Waals surface area contributed by atoms with Gasteiger partial charge >= 0.3 is 0 Å². The summed E-state index contributed by atoms with van der Waals surface area (Å²) in [4.78, 5) is 25.7. The zero-order valence-electron chi connectivity index (χ0n) is 13.5. The topological polar surface area (TPSA) is 61.4 Å². The van der Waals surface area contributed by atoms with Gasteiger partial charge in [-0.25, -0.2) is 0 Å². The Morgan fingerprint density at radius 1 is 0.958 bits per heavy atom. The third-order valence-electron chi connectivity index (χ3n) is 3.34. The summed E-state index contributed by atoms with van der Waals surface area (Å²) in [5.41, 5.74) is 1.51. The molecule has 126 valence electrons. The molecule has 0 fully saturated rings. The molecule has 0 aliphatic carbocycles. The highest BCUT2D eigenvalue weighted by molar-refractivity contribution is 9.10. The highest BCUT2D eigenvalue weighted by atomic mass is 79.9. The van der Waals surface area contributed by atoms with E-state index in [4.69, 9.17) is 0 Å². The average molecular weight is 390 g/mol. The van der Waals surface area contributed by atoms with Crippen LogP contribution in [0.4, 0.5) is 11.4 Å². The molecule has 2 aromatic rings. The summed E-state index contributed by atoms with van der Waals surface area (Å²) in [5, 5.41) is 5.67. The van der Waals surface area contributed by atoms with E-state index in [0.29, 0.717) is 13.0 Å². The number of amides is 2. The number of halogens is 1. The second-order valence-corrected chi connectivity index (χ2v) is 6.28. The van der Waals surface area contributed by atoms with Crippen molar-refractivity contribution in [3.63, 3.8) is 0 Å². The lowest BCUT2D eigenvalue weighted by atomic mass is 10.3. The van der Waals surface area contributed by atoms with Crippen molar-refractivity contribution in [1.29, 1.82) is 0 Å². The van der Waals surface area contributed by atoms with Crippen LogP contribution in [0, 0.1) is 0 Å². The maximum atomic E-state index is 12.0. The highest BCUT2D eigenvalue weighted by Crippen LogP contribution is 2.20. The highest BCUT2D eigenvalue weighted by Gasteiger charge is 2.10. The van der Waals surface area contributed by atoms with Gasteiger partial charge in [-0.05, 0) is 47.2 Å². The molecule has 0 spiro atoms. The zero-order chi connectivity index (χ0) is 17.4. The van der Waals surface area contributed by atoms with Crippen LogP contribution in [0.3, 0.4) is 0 Å². The molecule has 0 heterocycles. The van der Waals surface area contributed by atoms with Gasteiger partial charge in [0.05, 0.1) is 12.2 Å². The van der Waals surface area contributed by atoms with Crippen molar-refractivity contribution in [2.24, 2.45) is 0 Å². The molecular formula is C18H20BrN3O2. The van der Waals surface area contributed by atoms with Crippen LogP contribution in [0.15, 0.2) is 59.1 Å². The Balaban J connectivity index is 1.72. The van der Waals surface area contributed by atoms with Crippen LogP contribution in [-0.4, -0.2) is 36.9 Å². The fourth-order valence-electron chi connectivity index (χ4n) is 2.11. The number of para-hydroxylation sites is 2. The van der Waals surface area contributed by atoms with Gasteiger partial charge in [-0.1, -0.05) is 30.3 Å². The van der Waals surface area contributed by atoms with Gasteiger partial charge in [0.2, 0.25) is 11.8 Å². The molecule has 0 radical (unpaired) electrons. The molecule has 6 heteroatoms. The largest absolute Gasteiger partial charge is 0.326 e. The molecule has 0 aliphatic heterocycles. The summed E-state index contributed by atoms with van der Waals surface area (Å²) in [7, 11) is 1.81. The van der Waals surface area contributed by atoms with Crippen LogP contribution in [0.1, 0.15) is 6.42 Å². The van der Waals surface area contributed by atoms with Crippen LogP contribution >= 0.6 is 15.9 Å². The summed E-state index contributed by atoms with van der Waals surface area (Å²) in [6.45, 7) is 0.724. The summed E-state index contributed by atoms with van der Waals surface area (Å²) in [5.74, 6) is -0.188. The number of nitrogens with one attached hydrogen (secondary N) is 2. The van der Waals surface area contributed by atoms with E-state index in [0.717, 1.165) is 15.8 Å². The first-order valence-electron chi connectivity index (χ1n) is 7.62. The van der Waals surface area contributed by atoms with Crippen LogP contribution in [0.2, 0.25) is 0 Å². The molecule has 2 rings (SSSR count). The number of hydrogen-bond donors (Lipinski definition) is 2. The number of rotatable bonds is 7. The maximum Gasteiger partial charge on any atom is 0.238 e. The fourth-order valence-corrected chi connectivity index (χ4v) is 2.50. The van der Waals surface area contributed by atoms with Gasteiger partial charge in [0, 0.05) is 23.1 Å². The summed E-state index contributed by atoms with van der Waals surface area (Å²) >= 11 is 3.39. The van der Waals surface area contributed by atoms with Gasteiger partial charge in [-0.3, -0.25) is 14.5 Å². The van der Waals surface area contributed by atoms with Crippen molar-refractivity contribution >= 4 is 39.1 Å². The van der Waals surface area contributed by atoms with Crippen molar-refractivity contribution in [2.75, 3.05) is 30.8 Å². The van der Waals surface area contributed by atoms with Gasteiger partial charge in [0.1, 0.15) is 0 Å². The summed E-state index contributed by atoms with van der Waals surface area (Å²) < 4.78 is 0.836. The Morgan fingerprint density at radius 2 is 1.62 bits per heavy atom. The number of carbonyl (C=O) groups is 2. The van der Waals surface area contributed by atoms with E-state index in [1.807, 2.05) is 66.5 Å². The average Bonchev–Trinajstić information content (AvgIpc) is 2.56. The quantitative estimate of drug-likeness (QED) is 0.762. The monoisotopic (exact) mass is 389 g/mol. The Hall–Kier alpha value is -2.18. The Kier molecular flexibility index (Phi) is 6.96. The predicted octanol–water partition coefficient (Wildman–Crippen LogP) is 3.35. The van der Waals surface area contributed by atoms with Crippen LogP contribution < -0.4 is 10.6 Å². The van der Waals surface area contributed by atoms with E-state index in [9.17, 15) is 9.59 Å². The lowest BCUT2D eigenvalue weighted by Gasteiger charge is -2.16. The molecule has 2 amide bonds. The van der Waals surface area contributed by atoms with E-state index in [1.165, 1.54) is 0 Å². The molecule has 0 saturated carbocycles. The number of benzene rings is 2. The van der Waals surface area contributed by atoms with E-state index < -0.39 is 0 Å². The van der Waals surface area contributed by atoms with E-state index >= 15 is 0 Å². The first kappa shape index (κ1) is 18.2. The second kappa shape index (κ2) is 9.20. The Labute approximate surface area is 150 Å². The molecule has 0 unspecified atom stereocenters. The second-order valence-electron chi connectivity index (χ2n) is 5.43. The molecule has 0 aromatic heterocycles. The lowest BCUT2D eigenvalue weighted by Crippen LogP contribution is -2.32. The molecule has 24 heavy (non-hydrogen) atoms. The van der Waals surface area contributed by atoms with Crippen LogP contribution in [0.25, 0.3) is 0 Å². The van der Waals surface area contributed by atoms with Gasteiger partial charge in [-0.2, -0.15) is 0 Å². The Bertz CT molecular complexity index is 692. The maximum absolute atomic E-state index is 12.0. The summed E-state index contributed by atoms with van der Waals surface area (Å²) in [6.07, 6.45) is 0.327. The molecule has 2 aromatic carbocycles. The zero-order valence-corrected chi connectivity index (χ0v) is 15.0. The van der Waals surface area contributed by atoms with Crippen molar-refractivity contribution < 1.29 is 9.59 Å². The smallest absolute Gasteiger partial charge is 0.238 e. The van der Waals surface area contributed by atoms with Crippen LogP contribution in [0.5, 0.6) is 0 Å². The van der Waals surface area contributed by atoms with E-state index in [2.05, 4.69) is 26.6 Å². The normalized spacial score (nSPS) is 10.5. The Morgan fingerprint density at radius 3 is 2.33 bits per heavy atom. The van der Waals surface area contributed by atoms with Gasteiger partial charge < -0.3 is 10.6 Å². The minimum atomic E-state index is -0.118. The minimum Gasteiger partial charge on any atom is -0.326 e. The van der Waals surface area contributed by atoms with E-state index in [1.54, 1.807) is 0 Å². The third-order valence-corrected chi connectivity index (χ3v) is 4.03. The van der Waals surface area contributed by atoms with E-state index in [-0.39, 0.29) is 18.4 Å². The van der Waals surface area contributed by atoms with Crippen molar-refractivity contribution in [3.8, 4) is 0 Å². The number of nitrogens with zero attached hydrogens (tertiary/aromatic N) is 1. The molecule has 0 atom stereocenters.